The van der Waals surface area contributed by atoms with Gasteiger partial charge in [0, 0.05) is 17.9 Å². The van der Waals surface area contributed by atoms with Crippen LogP contribution in [0, 0.1) is 23.7 Å². The van der Waals surface area contributed by atoms with Crippen molar-refractivity contribution in [2.45, 2.75) is 61.2 Å². The molecule has 170 valence electrons. The molecule has 0 spiro atoms. The number of sulfone groups is 2. The van der Waals surface area contributed by atoms with Gasteiger partial charge in [-0.1, -0.05) is 13.8 Å². The van der Waals surface area contributed by atoms with Gasteiger partial charge < -0.3 is 5.32 Å². The molecule has 5 atom stereocenters. The van der Waals surface area contributed by atoms with Gasteiger partial charge in [0.05, 0.1) is 0 Å². The molecule has 2 rings (SSSR count). The number of alkyl halides is 6. The monoisotopic (exact) mass is 473 g/mol. The van der Waals surface area contributed by atoms with Crippen molar-refractivity contribution in [2.24, 2.45) is 23.7 Å². The maximum atomic E-state index is 13.2. The van der Waals surface area contributed by atoms with Crippen molar-refractivity contribution in [1.29, 1.82) is 0 Å². The molecular weight excluding hydrogens is 452 g/mol. The van der Waals surface area contributed by atoms with E-state index in [9.17, 15) is 48.0 Å². The van der Waals surface area contributed by atoms with Crippen LogP contribution < -0.4 is 5.32 Å². The third-order valence-electron chi connectivity index (χ3n) is 5.92. The van der Waals surface area contributed by atoms with Gasteiger partial charge in [-0.15, -0.1) is 0 Å². The van der Waals surface area contributed by atoms with E-state index >= 15 is 0 Å². The summed E-state index contributed by atoms with van der Waals surface area (Å²) in [4.78, 5) is 12.2. The molecule has 2 saturated carbocycles. The van der Waals surface area contributed by atoms with Crippen molar-refractivity contribution in [3.63, 3.8) is 0 Å². The van der Waals surface area contributed by atoms with Crippen LogP contribution in [0.25, 0.3) is 0 Å². The number of amides is 1. The highest BCUT2D eigenvalue weighted by atomic mass is 32.3. The molecule has 6 nitrogen and oxygen atoms in total. The van der Waals surface area contributed by atoms with E-state index < -0.39 is 70.9 Å². The highest BCUT2D eigenvalue weighted by Crippen LogP contribution is 2.54. The molecule has 0 aromatic rings. The Morgan fingerprint density at radius 3 is 1.83 bits per heavy atom. The first-order valence-corrected chi connectivity index (χ1v) is 12.0. The van der Waals surface area contributed by atoms with Gasteiger partial charge in [-0.05, 0) is 37.5 Å². The minimum atomic E-state index is -6.74. The first-order chi connectivity index (χ1) is 13.0. The molecule has 0 aliphatic heterocycles. The molecule has 0 heterocycles. The largest absolute Gasteiger partial charge is 0.498 e. The van der Waals surface area contributed by atoms with E-state index in [1.807, 2.05) is 0 Å². The minimum absolute atomic E-state index is 0.0490. The molecule has 29 heavy (non-hydrogen) atoms. The SMILES string of the molecule is CCC(C)C(=O)NC1C2CCC(C2)C1C(S(=O)(=O)C(F)(F)F)S(=O)(=O)C(F)(F)F. The van der Waals surface area contributed by atoms with Crippen LogP contribution in [0.3, 0.4) is 0 Å². The quantitative estimate of drug-likeness (QED) is 0.599. The van der Waals surface area contributed by atoms with E-state index in [2.05, 4.69) is 5.32 Å². The number of hydrogen-bond acceptors (Lipinski definition) is 5. The summed E-state index contributed by atoms with van der Waals surface area (Å²) in [5.41, 5.74) is -12.4. The van der Waals surface area contributed by atoms with Crippen LogP contribution in [0.15, 0.2) is 0 Å². The summed E-state index contributed by atoms with van der Waals surface area (Å²) in [6.45, 7) is 3.11. The van der Waals surface area contributed by atoms with Crippen LogP contribution >= 0.6 is 0 Å². The van der Waals surface area contributed by atoms with Gasteiger partial charge in [0.1, 0.15) is 0 Å². The van der Waals surface area contributed by atoms with E-state index in [0.717, 1.165) is 0 Å². The molecular formula is C15H21F6NO5S2. The summed E-state index contributed by atoms with van der Waals surface area (Å²) < 4.78 is 123. The van der Waals surface area contributed by atoms with Crippen LogP contribution in [0.1, 0.15) is 39.5 Å². The molecule has 2 fully saturated rings. The topological polar surface area (TPSA) is 97.4 Å². The average Bonchev–Trinajstić information content (AvgIpc) is 3.14. The first-order valence-electron chi connectivity index (χ1n) is 8.87. The lowest BCUT2D eigenvalue weighted by atomic mass is 9.85. The fourth-order valence-electron chi connectivity index (χ4n) is 4.28. The van der Waals surface area contributed by atoms with E-state index in [1.54, 1.807) is 6.92 Å². The maximum Gasteiger partial charge on any atom is 0.498 e. The third-order valence-corrected chi connectivity index (χ3v) is 10.6. The number of carbonyl (C=O) groups excluding carboxylic acids is 1. The molecule has 2 aliphatic rings. The molecule has 2 aliphatic carbocycles. The number of fused-ring (bicyclic) bond motifs is 2. The molecule has 0 saturated heterocycles. The molecule has 0 aromatic heterocycles. The van der Waals surface area contributed by atoms with Gasteiger partial charge in [0.2, 0.25) is 5.91 Å². The lowest BCUT2D eigenvalue weighted by Gasteiger charge is -2.37. The molecule has 1 N–H and O–H groups in total. The van der Waals surface area contributed by atoms with Gasteiger partial charge >= 0.3 is 11.0 Å². The maximum absolute atomic E-state index is 13.2. The van der Waals surface area contributed by atoms with E-state index in [1.165, 1.54) is 6.92 Å². The summed E-state index contributed by atoms with van der Waals surface area (Å²) >= 11 is 0. The number of carbonyl (C=O) groups is 1. The summed E-state index contributed by atoms with van der Waals surface area (Å²) in [5.74, 6) is -4.94. The van der Waals surface area contributed by atoms with Crippen molar-refractivity contribution in [1.82, 2.24) is 5.32 Å². The highest BCUT2D eigenvalue weighted by molar-refractivity contribution is 8.09. The van der Waals surface area contributed by atoms with Crippen LogP contribution in [-0.4, -0.2) is 44.4 Å². The average molecular weight is 473 g/mol. The summed E-state index contributed by atoms with van der Waals surface area (Å²) in [7, 11) is -13.5. The third kappa shape index (κ3) is 4.10. The van der Waals surface area contributed by atoms with Gasteiger partial charge in [-0.25, -0.2) is 16.8 Å². The van der Waals surface area contributed by atoms with Crippen molar-refractivity contribution in [3.8, 4) is 0 Å². The Bertz CT molecular complexity index is 807. The van der Waals surface area contributed by atoms with Gasteiger partial charge in [0.25, 0.3) is 19.7 Å². The Labute approximate surface area is 164 Å². The zero-order chi connectivity index (χ0) is 22.6. The van der Waals surface area contributed by atoms with Crippen LogP contribution in [0.4, 0.5) is 26.3 Å². The minimum Gasteiger partial charge on any atom is -0.352 e. The van der Waals surface area contributed by atoms with Crippen molar-refractivity contribution in [2.75, 3.05) is 0 Å². The Morgan fingerprint density at radius 1 is 0.966 bits per heavy atom. The zero-order valence-corrected chi connectivity index (χ0v) is 17.1. The van der Waals surface area contributed by atoms with E-state index in [4.69, 9.17) is 0 Å². The Balaban J connectivity index is 2.61. The lowest BCUT2D eigenvalue weighted by Crippen LogP contribution is -2.57. The molecule has 2 bridgehead atoms. The van der Waals surface area contributed by atoms with E-state index in [0.29, 0.717) is 12.8 Å². The number of halogens is 6. The smallest absolute Gasteiger partial charge is 0.352 e. The first kappa shape index (κ1) is 24.2. The fraction of sp³-hybridized carbons (Fsp3) is 0.933. The zero-order valence-electron chi connectivity index (χ0n) is 15.4. The molecule has 0 radical (unpaired) electrons. The molecule has 5 unspecified atom stereocenters. The van der Waals surface area contributed by atoms with Crippen LogP contribution in [-0.2, 0) is 24.5 Å². The normalized spacial score (nSPS) is 29.3. The van der Waals surface area contributed by atoms with Crippen molar-refractivity contribution < 1.29 is 48.0 Å². The fourth-order valence-corrected chi connectivity index (χ4v) is 8.40. The molecule has 14 heteroatoms. The molecule has 0 aromatic carbocycles. The number of hydrogen-bond donors (Lipinski definition) is 1. The Hall–Kier alpha value is -1.05. The van der Waals surface area contributed by atoms with Crippen LogP contribution in [0.5, 0.6) is 0 Å². The van der Waals surface area contributed by atoms with Gasteiger partial charge in [-0.2, -0.15) is 26.3 Å². The predicted octanol–water partition coefficient (Wildman–Crippen LogP) is 2.76. The van der Waals surface area contributed by atoms with Crippen LogP contribution in [0.2, 0.25) is 0 Å². The lowest BCUT2D eigenvalue weighted by molar-refractivity contribution is -0.126. The summed E-state index contributed by atoms with van der Waals surface area (Å²) in [5, 5.41) is 2.34. The number of nitrogens with one attached hydrogen (secondary N) is 1. The van der Waals surface area contributed by atoms with Gasteiger partial charge in [0.15, 0.2) is 4.58 Å². The second-order valence-electron chi connectivity index (χ2n) is 7.60. The van der Waals surface area contributed by atoms with E-state index in [-0.39, 0.29) is 12.8 Å². The van der Waals surface area contributed by atoms with Crippen molar-refractivity contribution >= 4 is 25.6 Å². The summed E-state index contributed by atoms with van der Waals surface area (Å²) in [6, 6.07) is -1.41. The highest BCUT2D eigenvalue weighted by Gasteiger charge is 2.69. The summed E-state index contributed by atoms with van der Waals surface area (Å²) in [6.07, 6.45) is 0.801. The number of rotatable bonds is 6. The van der Waals surface area contributed by atoms with Crippen molar-refractivity contribution in [3.05, 3.63) is 0 Å². The Kier molecular flexibility index (Phi) is 6.33. The van der Waals surface area contributed by atoms with Gasteiger partial charge in [-0.3, -0.25) is 4.79 Å². The predicted molar refractivity (Wildman–Crippen MR) is 89.4 cm³/mol. The molecule has 1 amide bonds. The standard InChI is InChI=1S/C15H21F6NO5S2/c1-3-7(2)12(23)22-11-9-5-4-8(6-9)10(11)13(28(24,25)14(16,17)18)29(26,27)15(19,20)21/h7-11,13H,3-6H2,1-2H3,(H,22,23). The second-order valence-corrected chi connectivity index (χ2v) is 12.0. The Morgan fingerprint density at radius 2 is 1.41 bits per heavy atom. The second kappa shape index (κ2) is 7.57.